The Morgan fingerprint density at radius 1 is 0.385 bits per heavy atom. The molecule has 368 valence electrons. The molecule has 0 bridgehead atoms. The van der Waals surface area contributed by atoms with Crippen LogP contribution in [0.1, 0.15) is 146 Å². The van der Waals surface area contributed by atoms with Gasteiger partial charge in [0.05, 0.1) is 64.0 Å². The van der Waals surface area contributed by atoms with Crippen molar-refractivity contribution >= 4 is 11.9 Å². The van der Waals surface area contributed by atoms with E-state index in [9.17, 15) is 9.59 Å². The topological polar surface area (TPSA) is 145 Å². The monoisotopic (exact) mass is 917 g/mol. The van der Waals surface area contributed by atoms with Gasteiger partial charge < -0.3 is 56.8 Å². The van der Waals surface area contributed by atoms with Crippen LogP contribution in [-0.2, 0) is 24.5 Å². The molecular weight excluding hydrogens is 837 g/mol. The number of carbonyl (C=O) groups excluding carboxylic acids is 2. The summed E-state index contributed by atoms with van der Waals surface area (Å²) in [5.41, 5.74) is 0.0221. The van der Waals surface area contributed by atoms with Crippen molar-refractivity contribution in [2.24, 2.45) is 0 Å². The molecule has 0 saturated heterocycles. The van der Waals surface area contributed by atoms with Crippen molar-refractivity contribution in [3.8, 4) is 57.5 Å². The first-order chi connectivity index (χ1) is 31.3. The van der Waals surface area contributed by atoms with Gasteiger partial charge in [0.15, 0.2) is 23.0 Å². The van der Waals surface area contributed by atoms with Gasteiger partial charge in [-0.1, -0.05) is 68.5 Å². The van der Waals surface area contributed by atoms with E-state index in [1.807, 2.05) is 69.2 Å². The number of benzene rings is 2. The van der Waals surface area contributed by atoms with Crippen molar-refractivity contribution in [2.75, 3.05) is 79.3 Å². The minimum Gasteiger partial charge on any atom is -0.489 e. The number of ether oxygens (including phenoxy) is 12. The summed E-state index contributed by atoms with van der Waals surface area (Å²) in [6, 6.07) is 0. The molecule has 0 fully saturated rings. The summed E-state index contributed by atoms with van der Waals surface area (Å²) in [5.74, 6) is 0.220. The summed E-state index contributed by atoms with van der Waals surface area (Å²) in [6.45, 7) is 34.4. The van der Waals surface area contributed by atoms with Crippen LogP contribution >= 0.6 is 0 Å². The SMILES string of the molecule is C=C(C)C(=O)Oc1c(OCCC)c(OCCC)c(C(C)(C)c2c(OCCC)c(OCCC)c(OC(=O)C(=C)C)c(OCCC)c2OCCCOCC)c(OCCCOCC)c1OCCC. The second-order valence-electron chi connectivity index (χ2n) is 15.9. The highest BCUT2D eigenvalue weighted by Crippen LogP contribution is 2.64. The zero-order chi connectivity index (χ0) is 48.4. The van der Waals surface area contributed by atoms with Gasteiger partial charge in [-0.05, 0) is 66.2 Å². The van der Waals surface area contributed by atoms with Crippen molar-refractivity contribution in [1.82, 2.24) is 0 Å². The summed E-state index contributed by atoms with van der Waals surface area (Å²) >= 11 is 0. The number of hydrogen-bond donors (Lipinski definition) is 0. The van der Waals surface area contributed by atoms with Gasteiger partial charge in [0.25, 0.3) is 0 Å². The van der Waals surface area contributed by atoms with Crippen LogP contribution in [0.15, 0.2) is 24.3 Å². The lowest BCUT2D eigenvalue weighted by Crippen LogP contribution is -2.27. The molecule has 0 N–H and O–H groups in total. The van der Waals surface area contributed by atoms with Crippen molar-refractivity contribution < 1.29 is 66.4 Å². The molecule has 65 heavy (non-hydrogen) atoms. The fourth-order valence-corrected chi connectivity index (χ4v) is 6.34. The van der Waals surface area contributed by atoms with Gasteiger partial charge >= 0.3 is 11.9 Å². The largest absolute Gasteiger partial charge is 0.489 e. The first-order valence-corrected chi connectivity index (χ1v) is 23.7. The summed E-state index contributed by atoms with van der Waals surface area (Å²) in [4.78, 5) is 27.1. The minimum atomic E-state index is -1.27. The predicted octanol–water partition coefficient (Wildman–Crippen LogP) is 11.3. The third kappa shape index (κ3) is 16.2. The Morgan fingerprint density at radius 2 is 0.631 bits per heavy atom. The first-order valence-electron chi connectivity index (χ1n) is 23.7. The molecule has 2 aromatic carbocycles. The fourth-order valence-electron chi connectivity index (χ4n) is 6.34. The molecule has 0 aliphatic heterocycles. The molecule has 0 atom stereocenters. The van der Waals surface area contributed by atoms with Crippen LogP contribution in [0.2, 0.25) is 0 Å². The predicted molar refractivity (Wildman–Crippen MR) is 254 cm³/mol. The summed E-state index contributed by atoms with van der Waals surface area (Å²) in [7, 11) is 0. The van der Waals surface area contributed by atoms with Gasteiger partial charge in [-0.2, -0.15) is 0 Å². The summed E-state index contributed by atoms with van der Waals surface area (Å²) in [5, 5.41) is 0. The van der Waals surface area contributed by atoms with Crippen LogP contribution in [0.25, 0.3) is 0 Å². The van der Waals surface area contributed by atoms with E-state index in [1.165, 1.54) is 0 Å². The summed E-state index contributed by atoms with van der Waals surface area (Å²) in [6.07, 6.45) is 4.76. The number of rotatable bonds is 36. The van der Waals surface area contributed by atoms with Crippen LogP contribution in [0, 0.1) is 0 Å². The van der Waals surface area contributed by atoms with Gasteiger partial charge in [-0.3, -0.25) is 0 Å². The minimum absolute atomic E-state index is 0.00112. The smallest absolute Gasteiger partial charge is 0.338 e. The zero-order valence-corrected chi connectivity index (χ0v) is 41.8. The first kappa shape index (κ1) is 56.3. The zero-order valence-electron chi connectivity index (χ0n) is 41.8. The molecule has 0 amide bonds. The van der Waals surface area contributed by atoms with Crippen molar-refractivity contribution in [3.63, 3.8) is 0 Å². The Balaban J connectivity index is 3.60. The standard InChI is InChI=1S/C51H80O14/c1-15-25-56-39-37(41(62-33-23-31-54-21-7)45(60-29-19-5)47(43(39)58-27-17-3)64-49(52)35(9)10)51(13,14)38-40(57-26-16-2)44(59-28-18-4)48(65-50(53)36(11)12)46(61-30-20-6)42(38)63-34-24-32-55-22-8/h9,11,15-34H2,1-8,10,12-14H3. The Hall–Kier alpha value is -4.82. The molecule has 0 spiro atoms. The van der Waals surface area contributed by atoms with Crippen molar-refractivity contribution in [2.45, 2.75) is 140 Å². The Kier molecular flexibility index (Phi) is 26.3. The second kappa shape index (κ2) is 30.4. The van der Waals surface area contributed by atoms with Crippen molar-refractivity contribution in [1.29, 1.82) is 0 Å². The maximum Gasteiger partial charge on any atom is 0.338 e. The quantitative estimate of drug-likeness (QED) is 0.0276. The third-order valence-corrected chi connectivity index (χ3v) is 9.36. The molecule has 0 aliphatic carbocycles. The average molecular weight is 917 g/mol. The highest BCUT2D eigenvalue weighted by molar-refractivity contribution is 5.92. The lowest BCUT2D eigenvalue weighted by atomic mass is 9.75. The maximum atomic E-state index is 13.5. The van der Waals surface area contributed by atoms with Crippen LogP contribution in [0.3, 0.4) is 0 Å². The molecular formula is C51H80O14. The van der Waals surface area contributed by atoms with E-state index in [0.717, 1.165) is 0 Å². The van der Waals surface area contributed by atoms with Gasteiger partial charge in [0.1, 0.15) is 0 Å². The molecule has 14 heteroatoms. The molecule has 14 nitrogen and oxygen atoms in total. The van der Waals surface area contributed by atoms with Crippen LogP contribution in [0.4, 0.5) is 0 Å². The van der Waals surface area contributed by atoms with Gasteiger partial charge in [0, 0.05) is 55.8 Å². The van der Waals surface area contributed by atoms with E-state index in [0.29, 0.717) is 88.9 Å². The molecule has 0 aliphatic rings. The second-order valence-corrected chi connectivity index (χ2v) is 15.9. The van der Waals surface area contributed by atoms with E-state index in [1.54, 1.807) is 13.8 Å². The Labute approximate surface area is 389 Å². The summed E-state index contributed by atoms with van der Waals surface area (Å²) < 4.78 is 77.4. The number of esters is 2. The lowest BCUT2D eigenvalue weighted by Gasteiger charge is -2.36. The van der Waals surface area contributed by atoms with Crippen molar-refractivity contribution in [3.05, 3.63) is 35.4 Å². The molecule has 0 heterocycles. The van der Waals surface area contributed by atoms with E-state index in [2.05, 4.69) is 13.2 Å². The average Bonchev–Trinajstić information content (AvgIpc) is 3.28. The normalized spacial score (nSPS) is 11.1. The molecule has 0 radical (unpaired) electrons. The van der Waals surface area contributed by atoms with Crippen LogP contribution < -0.4 is 47.4 Å². The van der Waals surface area contributed by atoms with E-state index < -0.39 is 17.4 Å². The fraction of sp³-hybridized carbons (Fsp3) is 0.647. The highest BCUT2D eigenvalue weighted by Gasteiger charge is 2.46. The van der Waals surface area contributed by atoms with E-state index in [4.69, 9.17) is 56.8 Å². The third-order valence-electron chi connectivity index (χ3n) is 9.36. The Morgan fingerprint density at radius 3 is 0.862 bits per heavy atom. The van der Waals surface area contributed by atoms with Gasteiger partial charge in [-0.15, -0.1) is 0 Å². The number of hydrogen-bond acceptors (Lipinski definition) is 14. The van der Waals surface area contributed by atoms with Crippen LogP contribution in [0.5, 0.6) is 57.5 Å². The molecule has 0 aromatic heterocycles. The molecule has 2 aromatic rings. The van der Waals surface area contributed by atoms with Crippen LogP contribution in [-0.4, -0.2) is 91.2 Å². The highest BCUT2D eigenvalue weighted by atomic mass is 16.6. The number of carbonyl (C=O) groups is 2. The van der Waals surface area contributed by atoms with Gasteiger partial charge in [-0.25, -0.2) is 9.59 Å². The molecule has 0 saturated carbocycles. The van der Waals surface area contributed by atoms with E-state index in [-0.39, 0.29) is 121 Å². The Bertz CT molecular complexity index is 1670. The molecule has 2 rings (SSSR count). The molecule has 0 unspecified atom stereocenters. The van der Waals surface area contributed by atoms with E-state index >= 15 is 0 Å². The maximum absolute atomic E-state index is 13.5. The van der Waals surface area contributed by atoms with Gasteiger partial charge in [0.2, 0.25) is 34.5 Å². The lowest BCUT2D eigenvalue weighted by molar-refractivity contribution is -0.131.